The van der Waals surface area contributed by atoms with Crippen LogP contribution in [0.25, 0.3) is 0 Å². The molecule has 0 radical (unpaired) electrons. The lowest BCUT2D eigenvalue weighted by atomic mass is 9.78. The van der Waals surface area contributed by atoms with Crippen LogP contribution in [0, 0.1) is 25.7 Å². The van der Waals surface area contributed by atoms with E-state index in [1.54, 1.807) is 0 Å². The summed E-state index contributed by atoms with van der Waals surface area (Å²) in [6.45, 7) is 7.05. The van der Waals surface area contributed by atoms with Gasteiger partial charge in [-0.05, 0) is 43.9 Å². The van der Waals surface area contributed by atoms with E-state index in [1.165, 1.54) is 16.8 Å². The molecule has 1 aromatic rings. The van der Waals surface area contributed by atoms with Crippen molar-refractivity contribution < 1.29 is 19.4 Å². The number of carbonyl (C=O) groups is 2. The highest BCUT2D eigenvalue weighted by Gasteiger charge is 2.56. The number of carboxylic acid groups (broad SMARTS) is 1. The Morgan fingerprint density at radius 1 is 1.04 bits per heavy atom. The van der Waals surface area contributed by atoms with Gasteiger partial charge in [0.2, 0.25) is 5.91 Å². The number of carboxylic acids is 1. The molecule has 6 nitrogen and oxygen atoms in total. The third-order valence-corrected chi connectivity index (χ3v) is 6.35. The largest absolute Gasteiger partial charge is 0.481 e. The van der Waals surface area contributed by atoms with Crippen LogP contribution in [0.5, 0.6) is 0 Å². The van der Waals surface area contributed by atoms with E-state index >= 15 is 0 Å². The van der Waals surface area contributed by atoms with E-state index < -0.39 is 17.8 Å². The number of nitrogens with zero attached hydrogens (tertiary/aromatic N) is 2. The highest BCUT2D eigenvalue weighted by atomic mass is 16.5. The summed E-state index contributed by atoms with van der Waals surface area (Å²) in [7, 11) is 0. The van der Waals surface area contributed by atoms with Crippen LogP contribution in [-0.4, -0.2) is 60.3 Å². The van der Waals surface area contributed by atoms with Gasteiger partial charge in [0.15, 0.2) is 0 Å². The van der Waals surface area contributed by atoms with Crippen LogP contribution in [-0.2, 0) is 14.3 Å². The molecule has 3 aliphatic heterocycles. The summed E-state index contributed by atoms with van der Waals surface area (Å²) in [6, 6.07) is 6.31. The van der Waals surface area contributed by atoms with Gasteiger partial charge in [-0.2, -0.15) is 0 Å². The Morgan fingerprint density at radius 3 is 2.35 bits per heavy atom. The Balaban J connectivity index is 1.44. The molecule has 2 bridgehead atoms. The second-order valence-electron chi connectivity index (χ2n) is 7.71. The van der Waals surface area contributed by atoms with Gasteiger partial charge >= 0.3 is 5.97 Å². The summed E-state index contributed by atoms with van der Waals surface area (Å²) in [4.78, 5) is 28.8. The minimum atomic E-state index is -0.899. The lowest BCUT2D eigenvalue weighted by molar-refractivity contribution is -0.151. The molecule has 4 rings (SSSR count). The zero-order valence-corrected chi connectivity index (χ0v) is 15.4. The van der Waals surface area contributed by atoms with Crippen LogP contribution in [0.3, 0.4) is 0 Å². The number of aliphatic carboxylic acids is 1. The number of amides is 1. The van der Waals surface area contributed by atoms with Gasteiger partial charge in [-0.25, -0.2) is 0 Å². The van der Waals surface area contributed by atoms with Crippen molar-refractivity contribution in [3.63, 3.8) is 0 Å². The number of aryl methyl sites for hydroxylation is 1. The first-order valence-corrected chi connectivity index (χ1v) is 9.45. The Bertz CT molecular complexity index is 727. The van der Waals surface area contributed by atoms with E-state index in [4.69, 9.17) is 4.74 Å². The summed E-state index contributed by atoms with van der Waals surface area (Å²) in [5.74, 6) is -2.13. The van der Waals surface area contributed by atoms with Crippen LogP contribution in [0.15, 0.2) is 18.2 Å². The maximum Gasteiger partial charge on any atom is 0.310 e. The summed E-state index contributed by atoms with van der Waals surface area (Å²) in [6.07, 6.45) is 1.05. The Morgan fingerprint density at radius 2 is 1.69 bits per heavy atom. The average Bonchev–Trinajstić information content (AvgIpc) is 3.25. The zero-order chi connectivity index (χ0) is 18.4. The zero-order valence-electron chi connectivity index (χ0n) is 15.4. The van der Waals surface area contributed by atoms with Gasteiger partial charge in [-0.15, -0.1) is 0 Å². The average molecular weight is 358 g/mol. The topological polar surface area (TPSA) is 70.1 Å². The van der Waals surface area contributed by atoms with Gasteiger partial charge in [0.05, 0.1) is 24.0 Å². The van der Waals surface area contributed by atoms with E-state index in [2.05, 4.69) is 36.9 Å². The van der Waals surface area contributed by atoms with Gasteiger partial charge in [0.1, 0.15) is 0 Å². The third kappa shape index (κ3) is 2.76. The first kappa shape index (κ1) is 17.3. The molecule has 0 spiro atoms. The fraction of sp³-hybridized carbons (Fsp3) is 0.600. The highest BCUT2D eigenvalue weighted by Crippen LogP contribution is 2.44. The first-order chi connectivity index (χ1) is 12.5. The Hall–Kier alpha value is -2.08. The molecule has 3 fully saturated rings. The number of rotatable bonds is 3. The minimum absolute atomic E-state index is 0.0368. The first-order valence-electron chi connectivity index (χ1n) is 9.45. The number of fused-ring (bicyclic) bond motifs is 2. The molecule has 0 aromatic heterocycles. The van der Waals surface area contributed by atoms with Gasteiger partial charge in [-0.3, -0.25) is 9.59 Å². The molecule has 0 aliphatic carbocycles. The SMILES string of the molecule is Cc1cccc(N2CCN(C(=O)[C@H]3[C@@H](C(=O)O)[C@H]4CC[C@@H]3O4)CC2)c1C. The molecule has 1 N–H and O–H groups in total. The van der Waals surface area contributed by atoms with E-state index in [1.807, 2.05) is 4.90 Å². The molecular formula is C20H26N2O4. The van der Waals surface area contributed by atoms with Crippen LogP contribution in [0.2, 0.25) is 0 Å². The van der Waals surface area contributed by atoms with Gasteiger partial charge in [0, 0.05) is 31.9 Å². The monoisotopic (exact) mass is 358 g/mol. The van der Waals surface area contributed by atoms with Crippen molar-refractivity contribution in [1.29, 1.82) is 0 Å². The number of benzene rings is 1. The normalized spacial score (nSPS) is 30.7. The number of hydrogen-bond acceptors (Lipinski definition) is 4. The smallest absolute Gasteiger partial charge is 0.310 e. The fourth-order valence-corrected chi connectivity index (χ4v) is 4.76. The predicted molar refractivity (Wildman–Crippen MR) is 97.2 cm³/mol. The second kappa shape index (κ2) is 6.58. The van der Waals surface area contributed by atoms with Crippen LogP contribution in [0.4, 0.5) is 5.69 Å². The van der Waals surface area contributed by atoms with Crippen molar-refractivity contribution in [3.8, 4) is 0 Å². The Labute approximate surface area is 153 Å². The molecule has 1 amide bonds. The molecule has 6 heteroatoms. The molecule has 0 unspecified atom stereocenters. The fourth-order valence-electron chi connectivity index (χ4n) is 4.76. The highest BCUT2D eigenvalue weighted by molar-refractivity contribution is 5.87. The summed E-state index contributed by atoms with van der Waals surface area (Å²) < 4.78 is 5.75. The molecule has 26 heavy (non-hydrogen) atoms. The lowest BCUT2D eigenvalue weighted by Gasteiger charge is -2.39. The van der Waals surface area contributed by atoms with E-state index in [9.17, 15) is 14.7 Å². The molecule has 1 aromatic carbocycles. The quantitative estimate of drug-likeness (QED) is 0.893. The van der Waals surface area contributed by atoms with Gasteiger partial charge in [0.25, 0.3) is 0 Å². The summed E-state index contributed by atoms with van der Waals surface area (Å²) in [5, 5.41) is 9.54. The number of ether oxygens (including phenoxy) is 1. The summed E-state index contributed by atoms with van der Waals surface area (Å²) in [5.41, 5.74) is 3.77. The molecule has 0 saturated carbocycles. The number of carbonyl (C=O) groups excluding carboxylic acids is 1. The van der Waals surface area contributed by atoms with Crippen molar-refractivity contribution in [2.24, 2.45) is 11.8 Å². The summed E-state index contributed by atoms with van der Waals surface area (Å²) >= 11 is 0. The van der Waals surface area contributed by atoms with E-state index in [-0.39, 0.29) is 18.1 Å². The van der Waals surface area contributed by atoms with Gasteiger partial charge < -0.3 is 19.6 Å². The Kier molecular flexibility index (Phi) is 4.39. The molecule has 4 atom stereocenters. The van der Waals surface area contributed by atoms with Crippen molar-refractivity contribution >= 4 is 17.6 Å². The standard InChI is InChI=1S/C20H26N2O4/c1-12-4-3-5-14(13(12)2)21-8-10-22(11-9-21)19(23)17-15-6-7-16(26-15)18(17)20(24)25/h3-5,15-18H,6-11H2,1-2H3,(H,24,25)/t15-,16+,17+,18-/m0/s1. The number of piperazine rings is 1. The number of anilines is 1. The van der Waals surface area contributed by atoms with Crippen LogP contribution < -0.4 is 4.90 Å². The maximum atomic E-state index is 13.0. The maximum absolute atomic E-state index is 13.0. The predicted octanol–water partition coefficient (Wildman–Crippen LogP) is 1.83. The molecule has 140 valence electrons. The van der Waals surface area contributed by atoms with Crippen LogP contribution in [0.1, 0.15) is 24.0 Å². The van der Waals surface area contributed by atoms with Gasteiger partial charge in [-0.1, -0.05) is 12.1 Å². The lowest BCUT2D eigenvalue weighted by Crippen LogP contribution is -2.53. The number of hydrogen-bond donors (Lipinski definition) is 1. The van der Waals surface area contributed by atoms with Crippen LogP contribution >= 0.6 is 0 Å². The molecule has 3 heterocycles. The van der Waals surface area contributed by atoms with Crippen molar-refractivity contribution in [2.75, 3.05) is 31.1 Å². The van der Waals surface area contributed by atoms with E-state index in [0.29, 0.717) is 13.1 Å². The van der Waals surface area contributed by atoms with E-state index in [0.717, 1.165) is 25.9 Å². The molecular weight excluding hydrogens is 332 g/mol. The van der Waals surface area contributed by atoms with Crippen molar-refractivity contribution in [2.45, 2.75) is 38.9 Å². The molecule has 3 aliphatic rings. The second-order valence-corrected chi connectivity index (χ2v) is 7.71. The minimum Gasteiger partial charge on any atom is -0.481 e. The third-order valence-electron chi connectivity index (χ3n) is 6.35. The molecule has 3 saturated heterocycles. The van der Waals surface area contributed by atoms with Crippen molar-refractivity contribution in [3.05, 3.63) is 29.3 Å². The van der Waals surface area contributed by atoms with Crippen molar-refractivity contribution in [1.82, 2.24) is 4.90 Å².